The molecule has 1 fully saturated rings. The Labute approximate surface area is 104 Å². The number of ether oxygens (including phenoxy) is 1. The van der Waals surface area contributed by atoms with Gasteiger partial charge in [0.05, 0.1) is 6.61 Å². The van der Waals surface area contributed by atoms with Crippen molar-refractivity contribution in [2.45, 2.75) is 26.7 Å². The summed E-state index contributed by atoms with van der Waals surface area (Å²) < 4.78 is 5.39. The van der Waals surface area contributed by atoms with Gasteiger partial charge in [0.2, 0.25) is 0 Å². The van der Waals surface area contributed by atoms with E-state index >= 15 is 0 Å². The molecule has 1 aliphatic rings. The van der Waals surface area contributed by atoms with Gasteiger partial charge in [-0.3, -0.25) is 0 Å². The maximum atomic E-state index is 8.54. The first-order valence-corrected chi connectivity index (χ1v) is 6.38. The van der Waals surface area contributed by atoms with Gasteiger partial charge in [0, 0.05) is 32.7 Å². The minimum absolute atomic E-state index is 0.307. The van der Waals surface area contributed by atoms with E-state index in [1.54, 1.807) is 0 Å². The third-order valence-electron chi connectivity index (χ3n) is 2.98. The second kappa shape index (κ2) is 7.50. The zero-order valence-electron chi connectivity index (χ0n) is 10.9. The van der Waals surface area contributed by atoms with Crippen molar-refractivity contribution in [2.75, 3.05) is 32.8 Å². The Bertz CT molecular complexity index is 238. The number of nitrogens with zero attached hydrogens (tertiary/aromatic N) is 2. The normalized spacial score (nSPS) is 21.6. The zero-order chi connectivity index (χ0) is 12.7. The van der Waals surface area contributed by atoms with Crippen molar-refractivity contribution in [1.29, 1.82) is 0 Å². The third kappa shape index (κ3) is 5.89. The van der Waals surface area contributed by atoms with Crippen molar-refractivity contribution in [3.63, 3.8) is 0 Å². The topological polar surface area (TPSA) is 71.1 Å². The first kappa shape index (κ1) is 14.3. The Balaban J connectivity index is 2.36. The van der Waals surface area contributed by atoms with Gasteiger partial charge < -0.3 is 20.6 Å². The summed E-state index contributed by atoms with van der Waals surface area (Å²) in [6.45, 7) is 9.14. The van der Waals surface area contributed by atoms with Gasteiger partial charge in [-0.25, -0.2) is 0 Å². The predicted molar refractivity (Wildman–Crippen MR) is 68.2 cm³/mol. The van der Waals surface area contributed by atoms with Crippen LogP contribution >= 0.6 is 0 Å². The Morgan fingerprint density at radius 2 is 2.35 bits per heavy atom. The maximum absolute atomic E-state index is 8.54. The lowest BCUT2D eigenvalue weighted by molar-refractivity contribution is 0.162. The molecule has 0 aromatic rings. The van der Waals surface area contributed by atoms with Crippen LogP contribution in [-0.2, 0) is 4.74 Å². The summed E-state index contributed by atoms with van der Waals surface area (Å²) in [6, 6.07) is 0. The lowest BCUT2D eigenvalue weighted by atomic mass is 10.1. The maximum Gasteiger partial charge on any atom is 0.140 e. The van der Waals surface area contributed by atoms with Gasteiger partial charge in [0.15, 0.2) is 0 Å². The molecule has 1 aliphatic heterocycles. The highest BCUT2D eigenvalue weighted by Gasteiger charge is 2.19. The van der Waals surface area contributed by atoms with E-state index in [-0.39, 0.29) is 0 Å². The molecule has 0 aromatic heterocycles. The summed E-state index contributed by atoms with van der Waals surface area (Å²) in [5.41, 5.74) is 5.51. The Morgan fingerprint density at radius 3 is 2.88 bits per heavy atom. The average molecular weight is 243 g/mol. The highest BCUT2D eigenvalue weighted by molar-refractivity contribution is 5.79. The van der Waals surface area contributed by atoms with Crippen molar-refractivity contribution >= 4 is 5.84 Å². The van der Waals surface area contributed by atoms with Crippen molar-refractivity contribution in [3.05, 3.63) is 0 Å². The van der Waals surface area contributed by atoms with Crippen LogP contribution in [0.15, 0.2) is 5.16 Å². The van der Waals surface area contributed by atoms with Crippen LogP contribution in [-0.4, -0.2) is 48.8 Å². The van der Waals surface area contributed by atoms with Gasteiger partial charge in [-0.2, -0.15) is 0 Å². The number of oxime groups is 1. The molecule has 5 heteroatoms. The molecule has 5 nitrogen and oxygen atoms in total. The highest BCUT2D eigenvalue weighted by atomic mass is 16.5. The van der Waals surface area contributed by atoms with Crippen molar-refractivity contribution in [2.24, 2.45) is 22.7 Å². The van der Waals surface area contributed by atoms with Gasteiger partial charge in [0.1, 0.15) is 5.84 Å². The summed E-state index contributed by atoms with van der Waals surface area (Å²) in [4.78, 5) is 2.39. The van der Waals surface area contributed by atoms with E-state index in [9.17, 15) is 0 Å². The molecule has 100 valence electrons. The summed E-state index contributed by atoms with van der Waals surface area (Å²) in [5.74, 6) is 1.58. The van der Waals surface area contributed by atoms with E-state index in [4.69, 9.17) is 15.7 Å². The quantitative estimate of drug-likeness (QED) is 0.304. The van der Waals surface area contributed by atoms with Gasteiger partial charge in [0.25, 0.3) is 0 Å². The molecule has 3 N–H and O–H groups in total. The predicted octanol–water partition coefficient (Wildman–Crippen LogP) is 1.12. The first-order valence-electron chi connectivity index (χ1n) is 6.38. The number of rotatable bonds is 7. The largest absolute Gasteiger partial charge is 0.409 e. The molecule has 17 heavy (non-hydrogen) atoms. The minimum Gasteiger partial charge on any atom is -0.409 e. The molecule has 1 heterocycles. The number of hydrogen-bond donors (Lipinski definition) is 2. The molecular formula is C12H25N3O2. The summed E-state index contributed by atoms with van der Waals surface area (Å²) in [6.07, 6.45) is 1.77. The van der Waals surface area contributed by atoms with Crippen LogP contribution in [0.25, 0.3) is 0 Å². The minimum atomic E-state index is 0.307. The number of nitrogens with two attached hydrogens (primary N) is 1. The van der Waals surface area contributed by atoms with Crippen LogP contribution in [0.3, 0.4) is 0 Å². The van der Waals surface area contributed by atoms with Crippen LogP contribution in [0.1, 0.15) is 26.7 Å². The first-order chi connectivity index (χ1) is 8.11. The molecular weight excluding hydrogens is 218 g/mol. The van der Waals surface area contributed by atoms with E-state index in [2.05, 4.69) is 23.9 Å². The fourth-order valence-corrected chi connectivity index (χ4v) is 2.19. The molecule has 1 saturated heterocycles. The van der Waals surface area contributed by atoms with E-state index in [1.807, 2.05) is 0 Å². The second-order valence-corrected chi connectivity index (χ2v) is 5.22. The Hall–Kier alpha value is -0.810. The highest BCUT2D eigenvalue weighted by Crippen LogP contribution is 2.15. The van der Waals surface area contributed by atoms with Crippen molar-refractivity contribution in [3.8, 4) is 0 Å². The van der Waals surface area contributed by atoms with Gasteiger partial charge in [-0.1, -0.05) is 19.0 Å². The van der Waals surface area contributed by atoms with Crippen molar-refractivity contribution < 1.29 is 9.94 Å². The molecule has 0 bridgehead atoms. The summed E-state index contributed by atoms with van der Waals surface area (Å²) in [5, 5.41) is 11.6. The molecule has 0 saturated carbocycles. The smallest absolute Gasteiger partial charge is 0.140 e. The summed E-state index contributed by atoms with van der Waals surface area (Å²) in [7, 11) is 0. The van der Waals surface area contributed by atoms with Crippen LogP contribution in [0.4, 0.5) is 0 Å². The van der Waals surface area contributed by atoms with E-state index < -0.39 is 0 Å². The SMILES string of the molecule is CC(C)CN(CCC(N)=NO)CC1CCOC1. The second-order valence-electron chi connectivity index (χ2n) is 5.22. The fraction of sp³-hybridized carbons (Fsp3) is 0.917. The van der Waals surface area contributed by atoms with Crippen LogP contribution in [0.2, 0.25) is 0 Å². The van der Waals surface area contributed by atoms with Gasteiger partial charge in [-0.15, -0.1) is 0 Å². The molecule has 1 unspecified atom stereocenters. The third-order valence-corrected chi connectivity index (χ3v) is 2.98. The van der Waals surface area contributed by atoms with E-state index in [0.717, 1.165) is 39.3 Å². The molecule has 0 aliphatic carbocycles. The monoisotopic (exact) mass is 243 g/mol. The lowest BCUT2D eigenvalue weighted by Crippen LogP contribution is -2.35. The fourth-order valence-electron chi connectivity index (χ4n) is 2.19. The van der Waals surface area contributed by atoms with Crippen molar-refractivity contribution in [1.82, 2.24) is 4.90 Å². The van der Waals surface area contributed by atoms with Crippen LogP contribution in [0, 0.1) is 11.8 Å². The molecule has 0 amide bonds. The Kier molecular flexibility index (Phi) is 6.29. The van der Waals surface area contributed by atoms with E-state index in [0.29, 0.717) is 24.1 Å². The van der Waals surface area contributed by atoms with Crippen LogP contribution in [0.5, 0.6) is 0 Å². The molecule has 1 rings (SSSR count). The van der Waals surface area contributed by atoms with Gasteiger partial charge >= 0.3 is 0 Å². The van der Waals surface area contributed by atoms with E-state index in [1.165, 1.54) is 0 Å². The molecule has 0 spiro atoms. The van der Waals surface area contributed by atoms with Crippen LogP contribution < -0.4 is 5.73 Å². The standard InChI is InChI=1S/C12H25N3O2/c1-10(2)7-15(5-3-12(13)14-16)8-11-4-6-17-9-11/h10-11,16H,3-9H2,1-2H3,(H2,13,14). The molecule has 1 atom stereocenters. The Morgan fingerprint density at radius 1 is 1.59 bits per heavy atom. The average Bonchev–Trinajstić information content (AvgIpc) is 2.77. The molecule has 0 aromatic carbocycles. The van der Waals surface area contributed by atoms with Gasteiger partial charge in [-0.05, 0) is 18.3 Å². The molecule has 0 radical (unpaired) electrons. The number of amidine groups is 1. The zero-order valence-corrected chi connectivity index (χ0v) is 10.9. The lowest BCUT2D eigenvalue weighted by Gasteiger charge is -2.26. The number of hydrogen-bond acceptors (Lipinski definition) is 4. The summed E-state index contributed by atoms with van der Waals surface area (Å²) >= 11 is 0.